The molecule has 0 aliphatic carbocycles. The second-order valence-electron chi connectivity index (χ2n) is 3.14. The molecule has 0 bridgehead atoms. The molecule has 12 heavy (non-hydrogen) atoms. The summed E-state index contributed by atoms with van der Waals surface area (Å²) in [6, 6.07) is 1.78. The number of rotatable bonds is 3. The first-order valence-electron chi connectivity index (χ1n) is 4.13. The molecule has 66 valence electrons. The number of aliphatic hydroxyl groups is 1. The zero-order valence-corrected chi connectivity index (χ0v) is 7.44. The van der Waals surface area contributed by atoms with E-state index in [2.05, 4.69) is 23.8 Å². The second kappa shape index (κ2) is 4.16. The average molecular weight is 166 g/mol. The third kappa shape index (κ3) is 2.01. The SMILES string of the molecule is CC(C)C(CO)c1ncccn1. The van der Waals surface area contributed by atoms with Crippen LogP contribution in [0, 0.1) is 5.92 Å². The van der Waals surface area contributed by atoms with Crippen molar-refractivity contribution in [2.75, 3.05) is 6.61 Å². The molecule has 1 aromatic heterocycles. The third-order valence-electron chi connectivity index (χ3n) is 1.92. The van der Waals surface area contributed by atoms with Crippen LogP contribution in [0.15, 0.2) is 18.5 Å². The van der Waals surface area contributed by atoms with Crippen molar-refractivity contribution >= 4 is 0 Å². The molecule has 1 N–H and O–H groups in total. The van der Waals surface area contributed by atoms with Crippen LogP contribution in [0.4, 0.5) is 0 Å². The predicted molar refractivity (Wildman–Crippen MR) is 46.7 cm³/mol. The van der Waals surface area contributed by atoms with Gasteiger partial charge in [-0.3, -0.25) is 0 Å². The molecule has 1 heterocycles. The van der Waals surface area contributed by atoms with Gasteiger partial charge in [-0.1, -0.05) is 13.8 Å². The highest BCUT2D eigenvalue weighted by molar-refractivity contribution is 4.98. The summed E-state index contributed by atoms with van der Waals surface area (Å²) in [5, 5.41) is 9.07. The first-order chi connectivity index (χ1) is 5.75. The normalized spacial score (nSPS) is 13.3. The van der Waals surface area contributed by atoms with E-state index >= 15 is 0 Å². The van der Waals surface area contributed by atoms with Crippen LogP contribution in [0.3, 0.4) is 0 Å². The maximum atomic E-state index is 9.07. The average Bonchev–Trinajstić information content (AvgIpc) is 2.07. The van der Waals surface area contributed by atoms with Crippen LogP contribution in [0.25, 0.3) is 0 Å². The van der Waals surface area contributed by atoms with E-state index in [4.69, 9.17) is 5.11 Å². The van der Waals surface area contributed by atoms with E-state index in [1.54, 1.807) is 18.5 Å². The van der Waals surface area contributed by atoms with Gasteiger partial charge in [-0.2, -0.15) is 0 Å². The van der Waals surface area contributed by atoms with Crippen molar-refractivity contribution in [3.63, 3.8) is 0 Å². The van der Waals surface area contributed by atoms with Crippen LogP contribution < -0.4 is 0 Å². The molecule has 0 saturated heterocycles. The van der Waals surface area contributed by atoms with Gasteiger partial charge in [-0.15, -0.1) is 0 Å². The Bertz CT molecular complexity index is 223. The molecule has 1 unspecified atom stereocenters. The van der Waals surface area contributed by atoms with Crippen molar-refractivity contribution in [3.8, 4) is 0 Å². The second-order valence-corrected chi connectivity index (χ2v) is 3.14. The molecule has 3 nitrogen and oxygen atoms in total. The number of nitrogens with zero attached hydrogens (tertiary/aromatic N) is 2. The lowest BCUT2D eigenvalue weighted by Crippen LogP contribution is -2.14. The van der Waals surface area contributed by atoms with Crippen LogP contribution in [0.5, 0.6) is 0 Å². The van der Waals surface area contributed by atoms with Gasteiger partial charge in [-0.25, -0.2) is 9.97 Å². The Labute approximate surface area is 72.5 Å². The highest BCUT2D eigenvalue weighted by atomic mass is 16.3. The van der Waals surface area contributed by atoms with Crippen molar-refractivity contribution < 1.29 is 5.11 Å². The highest BCUT2D eigenvalue weighted by Gasteiger charge is 2.16. The molecule has 0 aliphatic rings. The Morgan fingerprint density at radius 3 is 2.33 bits per heavy atom. The van der Waals surface area contributed by atoms with E-state index in [0.29, 0.717) is 5.92 Å². The van der Waals surface area contributed by atoms with Gasteiger partial charge in [0.05, 0.1) is 6.61 Å². The maximum Gasteiger partial charge on any atom is 0.133 e. The van der Waals surface area contributed by atoms with E-state index in [-0.39, 0.29) is 12.5 Å². The van der Waals surface area contributed by atoms with Gasteiger partial charge in [0.1, 0.15) is 5.82 Å². The summed E-state index contributed by atoms with van der Waals surface area (Å²) in [5.74, 6) is 1.17. The van der Waals surface area contributed by atoms with E-state index in [9.17, 15) is 0 Å². The van der Waals surface area contributed by atoms with Crippen molar-refractivity contribution in [2.24, 2.45) is 5.92 Å². The van der Waals surface area contributed by atoms with Crippen LogP contribution in [0.1, 0.15) is 25.6 Å². The van der Waals surface area contributed by atoms with Crippen LogP contribution in [-0.4, -0.2) is 21.7 Å². The zero-order valence-electron chi connectivity index (χ0n) is 7.44. The van der Waals surface area contributed by atoms with Gasteiger partial charge in [0.15, 0.2) is 0 Å². The van der Waals surface area contributed by atoms with Gasteiger partial charge in [0.2, 0.25) is 0 Å². The highest BCUT2D eigenvalue weighted by Crippen LogP contribution is 2.19. The summed E-state index contributed by atoms with van der Waals surface area (Å²) in [4.78, 5) is 8.20. The number of hydrogen-bond acceptors (Lipinski definition) is 3. The molecule has 0 spiro atoms. The minimum atomic E-state index is 0.0613. The first-order valence-corrected chi connectivity index (χ1v) is 4.13. The molecule has 0 fully saturated rings. The summed E-state index contributed by atoms with van der Waals surface area (Å²) in [5.41, 5.74) is 0. The predicted octanol–water partition coefficient (Wildman–Crippen LogP) is 1.21. The third-order valence-corrected chi connectivity index (χ3v) is 1.92. The van der Waals surface area contributed by atoms with Crippen LogP contribution in [0.2, 0.25) is 0 Å². The monoisotopic (exact) mass is 166 g/mol. The minimum Gasteiger partial charge on any atom is -0.396 e. The van der Waals surface area contributed by atoms with Gasteiger partial charge in [0, 0.05) is 18.3 Å². The summed E-state index contributed by atoms with van der Waals surface area (Å²) in [6.07, 6.45) is 3.40. The fourth-order valence-corrected chi connectivity index (χ4v) is 1.09. The molecule has 1 aromatic rings. The molecule has 3 heteroatoms. The molecule has 1 atom stereocenters. The zero-order chi connectivity index (χ0) is 8.97. The Morgan fingerprint density at radius 1 is 1.33 bits per heavy atom. The van der Waals surface area contributed by atoms with Gasteiger partial charge in [0.25, 0.3) is 0 Å². The molecule has 0 radical (unpaired) electrons. The van der Waals surface area contributed by atoms with E-state index in [1.165, 1.54) is 0 Å². The van der Waals surface area contributed by atoms with Gasteiger partial charge < -0.3 is 5.11 Å². The topological polar surface area (TPSA) is 46.0 Å². The summed E-state index contributed by atoms with van der Waals surface area (Å²) in [7, 11) is 0. The van der Waals surface area contributed by atoms with Gasteiger partial charge in [-0.05, 0) is 12.0 Å². The Kier molecular flexibility index (Phi) is 3.17. The van der Waals surface area contributed by atoms with Crippen LogP contribution >= 0.6 is 0 Å². The standard InChI is InChI=1S/C9H14N2O/c1-7(2)8(6-12)9-10-4-3-5-11-9/h3-5,7-8,12H,6H2,1-2H3. The molecule has 0 aliphatic heterocycles. The molecule has 0 amide bonds. The van der Waals surface area contributed by atoms with Crippen LogP contribution in [-0.2, 0) is 0 Å². The number of aliphatic hydroxyl groups excluding tert-OH is 1. The number of hydrogen-bond donors (Lipinski definition) is 1. The summed E-state index contributed by atoms with van der Waals surface area (Å²) >= 11 is 0. The number of aromatic nitrogens is 2. The largest absolute Gasteiger partial charge is 0.396 e. The van der Waals surface area contributed by atoms with E-state index in [1.807, 2.05) is 0 Å². The lowest BCUT2D eigenvalue weighted by Gasteiger charge is -2.15. The van der Waals surface area contributed by atoms with Crippen molar-refractivity contribution in [1.82, 2.24) is 9.97 Å². The summed E-state index contributed by atoms with van der Waals surface area (Å²) in [6.45, 7) is 4.22. The molecule has 0 aromatic carbocycles. The molecule has 0 saturated carbocycles. The Balaban J connectivity index is 2.80. The molecule has 1 rings (SSSR count). The maximum absolute atomic E-state index is 9.07. The van der Waals surface area contributed by atoms with Crippen molar-refractivity contribution in [3.05, 3.63) is 24.3 Å². The van der Waals surface area contributed by atoms with E-state index < -0.39 is 0 Å². The Morgan fingerprint density at radius 2 is 1.92 bits per heavy atom. The summed E-state index contributed by atoms with van der Waals surface area (Å²) < 4.78 is 0. The van der Waals surface area contributed by atoms with Gasteiger partial charge >= 0.3 is 0 Å². The van der Waals surface area contributed by atoms with Crippen molar-refractivity contribution in [2.45, 2.75) is 19.8 Å². The van der Waals surface area contributed by atoms with E-state index in [0.717, 1.165) is 5.82 Å². The molecular weight excluding hydrogens is 152 g/mol. The lowest BCUT2D eigenvalue weighted by molar-refractivity contribution is 0.231. The Hall–Kier alpha value is -0.960. The quantitative estimate of drug-likeness (QED) is 0.734. The fraction of sp³-hybridized carbons (Fsp3) is 0.556. The smallest absolute Gasteiger partial charge is 0.133 e. The lowest BCUT2D eigenvalue weighted by atomic mass is 9.96. The fourth-order valence-electron chi connectivity index (χ4n) is 1.09. The first kappa shape index (κ1) is 9.13. The molecular formula is C9H14N2O. The van der Waals surface area contributed by atoms with Crippen molar-refractivity contribution in [1.29, 1.82) is 0 Å². The minimum absolute atomic E-state index is 0.0613.